The highest BCUT2D eigenvalue weighted by Crippen LogP contribution is 2.40. The SMILES string of the molecule is CC1CC1C(=O)Nc1sc2ccccc2c1C(N)=O. The van der Waals surface area contributed by atoms with Crippen LogP contribution < -0.4 is 11.1 Å². The van der Waals surface area contributed by atoms with E-state index in [4.69, 9.17) is 5.73 Å². The van der Waals surface area contributed by atoms with Gasteiger partial charge in [-0.3, -0.25) is 9.59 Å². The Hall–Kier alpha value is -1.88. The van der Waals surface area contributed by atoms with Gasteiger partial charge in [0.05, 0.1) is 5.56 Å². The molecule has 2 aromatic rings. The lowest BCUT2D eigenvalue weighted by Crippen LogP contribution is -2.18. The zero-order valence-electron chi connectivity index (χ0n) is 10.5. The number of carbonyl (C=O) groups is 2. The Morgan fingerprint density at radius 3 is 2.68 bits per heavy atom. The Balaban J connectivity index is 2.00. The second kappa shape index (κ2) is 4.35. The molecule has 0 aliphatic heterocycles. The van der Waals surface area contributed by atoms with Crippen LogP contribution in [0.3, 0.4) is 0 Å². The number of rotatable bonds is 3. The van der Waals surface area contributed by atoms with Gasteiger partial charge in [-0.15, -0.1) is 11.3 Å². The van der Waals surface area contributed by atoms with E-state index in [0.717, 1.165) is 16.5 Å². The van der Waals surface area contributed by atoms with Gasteiger partial charge in [0.25, 0.3) is 5.91 Å². The van der Waals surface area contributed by atoms with Crippen LogP contribution in [-0.2, 0) is 4.79 Å². The monoisotopic (exact) mass is 274 g/mol. The van der Waals surface area contributed by atoms with E-state index in [9.17, 15) is 9.59 Å². The molecule has 0 radical (unpaired) electrons. The Bertz CT molecular complexity index is 677. The molecule has 1 aromatic carbocycles. The second-order valence-corrected chi connectivity index (χ2v) is 6.03. The van der Waals surface area contributed by atoms with Gasteiger partial charge in [-0.2, -0.15) is 0 Å². The van der Waals surface area contributed by atoms with Gasteiger partial charge in [-0.05, 0) is 18.4 Å². The molecule has 3 rings (SSSR count). The minimum absolute atomic E-state index is 0.0124. The summed E-state index contributed by atoms with van der Waals surface area (Å²) in [6.07, 6.45) is 0.919. The summed E-state index contributed by atoms with van der Waals surface area (Å²) < 4.78 is 0.954. The molecule has 0 bridgehead atoms. The molecule has 0 saturated heterocycles. The van der Waals surface area contributed by atoms with Gasteiger partial charge >= 0.3 is 0 Å². The van der Waals surface area contributed by atoms with Crippen molar-refractivity contribution in [1.29, 1.82) is 0 Å². The molecule has 5 heteroatoms. The summed E-state index contributed by atoms with van der Waals surface area (Å²) in [7, 11) is 0. The molecule has 2 atom stereocenters. The van der Waals surface area contributed by atoms with E-state index < -0.39 is 5.91 Å². The number of nitrogens with two attached hydrogens (primary N) is 1. The standard InChI is InChI=1S/C14H14N2O2S/c1-7-6-9(7)13(18)16-14-11(12(15)17)8-4-2-3-5-10(8)19-14/h2-5,7,9H,6H2,1H3,(H2,15,17)(H,16,18). The van der Waals surface area contributed by atoms with Crippen LogP contribution >= 0.6 is 11.3 Å². The molecule has 1 aliphatic carbocycles. The number of benzene rings is 1. The molecule has 1 aromatic heterocycles. The van der Waals surface area contributed by atoms with E-state index in [2.05, 4.69) is 5.32 Å². The highest BCUT2D eigenvalue weighted by Gasteiger charge is 2.39. The van der Waals surface area contributed by atoms with E-state index in [1.807, 2.05) is 31.2 Å². The maximum Gasteiger partial charge on any atom is 0.252 e. The maximum absolute atomic E-state index is 12.0. The largest absolute Gasteiger partial charge is 0.365 e. The quantitative estimate of drug-likeness (QED) is 0.903. The molecule has 0 spiro atoms. The third-order valence-corrected chi connectivity index (χ3v) is 4.61. The van der Waals surface area contributed by atoms with Crippen molar-refractivity contribution in [2.45, 2.75) is 13.3 Å². The highest BCUT2D eigenvalue weighted by atomic mass is 32.1. The van der Waals surface area contributed by atoms with E-state index in [-0.39, 0.29) is 11.8 Å². The van der Waals surface area contributed by atoms with Crippen molar-refractivity contribution in [3.8, 4) is 0 Å². The minimum Gasteiger partial charge on any atom is -0.365 e. The van der Waals surface area contributed by atoms with E-state index in [1.165, 1.54) is 11.3 Å². The molecule has 1 heterocycles. The van der Waals surface area contributed by atoms with Crippen molar-refractivity contribution in [3.05, 3.63) is 29.8 Å². The smallest absolute Gasteiger partial charge is 0.252 e. The van der Waals surface area contributed by atoms with E-state index >= 15 is 0 Å². The first-order chi connectivity index (χ1) is 9.08. The van der Waals surface area contributed by atoms with Crippen molar-refractivity contribution in [2.75, 3.05) is 5.32 Å². The van der Waals surface area contributed by atoms with Gasteiger partial charge in [0, 0.05) is 16.0 Å². The number of hydrogen-bond donors (Lipinski definition) is 2. The summed E-state index contributed by atoms with van der Waals surface area (Å²) in [5.74, 6) is -0.00417. The zero-order valence-corrected chi connectivity index (χ0v) is 11.3. The summed E-state index contributed by atoms with van der Waals surface area (Å²) >= 11 is 1.39. The van der Waals surface area contributed by atoms with Gasteiger partial charge in [0.2, 0.25) is 5.91 Å². The number of amides is 2. The summed E-state index contributed by atoms with van der Waals surface area (Å²) in [6.45, 7) is 2.05. The number of thiophene rings is 1. The molecule has 1 saturated carbocycles. The Labute approximate surface area is 114 Å². The van der Waals surface area contributed by atoms with Crippen molar-refractivity contribution in [2.24, 2.45) is 17.6 Å². The lowest BCUT2D eigenvalue weighted by molar-refractivity contribution is -0.117. The van der Waals surface area contributed by atoms with Gasteiger partial charge < -0.3 is 11.1 Å². The number of nitrogens with one attached hydrogen (secondary N) is 1. The summed E-state index contributed by atoms with van der Waals surface area (Å²) in [4.78, 5) is 23.6. The van der Waals surface area contributed by atoms with Crippen LogP contribution in [0.25, 0.3) is 10.1 Å². The summed E-state index contributed by atoms with van der Waals surface area (Å²) in [5, 5.41) is 4.22. The first kappa shape index (κ1) is 12.2. The van der Waals surface area contributed by atoms with Crippen LogP contribution in [0.4, 0.5) is 5.00 Å². The third-order valence-electron chi connectivity index (χ3n) is 3.52. The summed E-state index contributed by atoms with van der Waals surface area (Å²) in [6, 6.07) is 7.53. The predicted molar refractivity (Wildman–Crippen MR) is 76.2 cm³/mol. The fourth-order valence-corrected chi connectivity index (χ4v) is 3.38. The average molecular weight is 274 g/mol. The molecule has 2 amide bonds. The number of carbonyl (C=O) groups excluding carboxylic acids is 2. The minimum atomic E-state index is -0.503. The zero-order chi connectivity index (χ0) is 13.6. The van der Waals surface area contributed by atoms with E-state index in [1.54, 1.807) is 0 Å². The van der Waals surface area contributed by atoms with Crippen molar-refractivity contribution in [1.82, 2.24) is 0 Å². The van der Waals surface area contributed by atoms with Gasteiger partial charge in [-0.25, -0.2) is 0 Å². The Kier molecular flexibility index (Phi) is 2.78. The number of primary amides is 1. The molecule has 19 heavy (non-hydrogen) atoms. The van der Waals surface area contributed by atoms with Crippen molar-refractivity contribution in [3.63, 3.8) is 0 Å². The highest BCUT2D eigenvalue weighted by molar-refractivity contribution is 7.23. The molecule has 1 aliphatic rings. The van der Waals surface area contributed by atoms with Crippen LogP contribution in [-0.4, -0.2) is 11.8 Å². The topological polar surface area (TPSA) is 72.2 Å². The second-order valence-electron chi connectivity index (χ2n) is 4.98. The fraction of sp³-hybridized carbons (Fsp3) is 0.286. The number of fused-ring (bicyclic) bond motifs is 1. The normalized spacial score (nSPS) is 21.3. The average Bonchev–Trinajstić information content (AvgIpc) is 2.98. The van der Waals surface area contributed by atoms with Gasteiger partial charge in [0.1, 0.15) is 5.00 Å². The number of anilines is 1. The Morgan fingerprint density at radius 2 is 2.05 bits per heavy atom. The van der Waals surface area contributed by atoms with Crippen LogP contribution in [0.2, 0.25) is 0 Å². The molecule has 98 valence electrons. The lowest BCUT2D eigenvalue weighted by atomic mass is 10.1. The van der Waals surface area contributed by atoms with Crippen LogP contribution in [0.15, 0.2) is 24.3 Å². The molecular formula is C14H14N2O2S. The Morgan fingerprint density at radius 1 is 1.37 bits per heavy atom. The van der Waals surface area contributed by atoms with Gasteiger partial charge in [0.15, 0.2) is 0 Å². The molecule has 2 unspecified atom stereocenters. The number of hydrogen-bond acceptors (Lipinski definition) is 3. The first-order valence-corrected chi connectivity index (χ1v) is 7.01. The van der Waals surface area contributed by atoms with Crippen molar-refractivity contribution >= 4 is 38.2 Å². The fourth-order valence-electron chi connectivity index (χ4n) is 2.27. The van der Waals surface area contributed by atoms with Crippen LogP contribution in [0, 0.1) is 11.8 Å². The van der Waals surface area contributed by atoms with Gasteiger partial charge in [-0.1, -0.05) is 25.1 Å². The first-order valence-electron chi connectivity index (χ1n) is 6.20. The van der Waals surface area contributed by atoms with Crippen LogP contribution in [0.5, 0.6) is 0 Å². The molecular weight excluding hydrogens is 260 g/mol. The van der Waals surface area contributed by atoms with Crippen molar-refractivity contribution < 1.29 is 9.59 Å². The predicted octanol–water partition coefficient (Wildman–Crippen LogP) is 2.59. The maximum atomic E-state index is 12.0. The molecule has 4 nitrogen and oxygen atoms in total. The van der Waals surface area contributed by atoms with E-state index in [0.29, 0.717) is 16.5 Å². The molecule has 3 N–H and O–H groups in total. The lowest BCUT2D eigenvalue weighted by Gasteiger charge is -2.03. The van der Waals surface area contributed by atoms with Crippen LogP contribution in [0.1, 0.15) is 23.7 Å². The molecule has 1 fully saturated rings. The summed E-state index contributed by atoms with van der Waals surface area (Å²) in [5.41, 5.74) is 5.86. The third kappa shape index (κ3) is 2.10.